The zero-order valence-electron chi connectivity index (χ0n) is 10.1. The third-order valence-electron chi connectivity index (χ3n) is 2.25. The van der Waals surface area contributed by atoms with Gasteiger partial charge in [0.2, 0.25) is 5.91 Å². The van der Waals surface area contributed by atoms with Gasteiger partial charge in [-0.3, -0.25) is 4.79 Å². The van der Waals surface area contributed by atoms with Crippen LogP contribution in [0.3, 0.4) is 0 Å². The zero-order chi connectivity index (χ0) is 13.3. The van der Waals surface area contributed by atoms with Gasteiger partial charge in [0.05, 0.1) is 12.5 Å². The molecule has 0 aliphatic heterocycles. The second-order valence-corrected chi connectivity index (χ2v) is 4.52. The van der Waals surface area contributed by atoms with Crippen LogP contribution in [0.25, 0.3) is 0 Å². The van der Waals surface area contributed by atoms with Crippen LogP contribution in [0.4, 0.5) is 0 Å². The van der Waals surface area contributed by atoms with E-state index in [2.05, 4.69) is 5.32 Å². The van der Waals surface area contributed by atoms with Gasteiger partial charge in [-0.25, -0.2) is 4.79 Å². The third kappa shape index (κ3) is 7.19. The normalized spacial score (nSPS) is 14.1. The minimum atomic E-state index is -1.02. The Bertz CT molecular complexity index is 246. The Morgan fingerprint density at radius 2 is 2.18 bits per heavy atom. The fraction of sp³-hybridized carbons (Fsp3) is 0.800. The standard InChI is InChI=1S/C10H20N2O4S/c1-16-7(6-11)5-9(13)12-8(10(14)15)3-4-17-2/h7-8H,3-6,11H2,1-2H3,(H,12,13)(H,14,15)/t7?,8-/m0/s1. The topological polar surface area (TPSA) is 102 Å². The molecule has 0 spiro atoms. The number of hydrogen-bond donors (Lipinski definition) is 3. The van der Waals surface area contributed by atoms with Crippen molar-refractivity contribution in [1.82, 2.24) is 5.32 Å². The molecule has 0 heterocycles. The van der Waals surface area contributed by atoms with E-state index in [-0.39, 0.29) is 25.0 Å². The van der Waals surface area contributed by atoms with Crippen LogP contribution in [0.5, 0.6) is 0 Å². The molecule has 4 N–H and O–H groups in total. The molecule has 0 rings (SSSR count). The van der Waals surface area contributed by atoms with Crippen LogP contribution >= 0.6 is 11.8 Å². The van der Waals surface area contributed by atoms with E-state index < -0.39 is 12.0 Å². The molecule has 0 saturated heterocycles. The summed E-state index contributed by atoms with van der Waals surface area (Å²) in [4.78, 5) is 22.4. The number of thioether (sulfide) groups is 1. The SMILES string of the molecule is COC(CN)CC(=O)N[C@@H](CCSC)C(=O)O. The van der Waals surface area contributed by atoms with Crippen molar-refractivity contribution in [2.75, 3.05) is 25.7 Å². The minimum absolute atomic E-state index is 0.0794. The van der Waals surface area contributed by atoms with Gasteiger partial charge >= 0.3 is 5.97 Å². The molecule has 0 fully saturated rings. The molecule has 0 aromatic heterocycles. The van der Waals surface area contributed by atoms with Crippen LogP contribution in [0.1, 0.15) is 12.8 Å². The van der Waals surface area contributed by atoms with E-state index in [0.29, 0.717) is 12.2 Å². The second kappa shape index (κ2) is 9.26. The largest absolute Gasteiger partial charge is 0.480 e. The molecule has 0 bridgehead atoms. The first kappa shape index (κ1) is 16.2. The predicted molar refractivity (Wildman–Crippen MR) is 67.0 cm³/mol. The van der Waals surface area contributed by atoms with Crippen LogP contribution in [-0.4, -0.2) is 54.8 Å². The number of carbonyl (C=O) groups excluding carboxylic acids is 1. The molecule has 0 saturated carbocycles. The van der Waals surface area contributed by atoms with Gasteiger partial charge in [0.15, 0.2) is 0 Å². The average Bonchev–Trinajstić information content (AvgIpc) is 2.30. The third-order valence-corrected chi connectivity index (χ3v) is 2.90. The van der Waals surface area contributed by atoms with Gasteiger partial charge in [0.25, 0.3) is 0 Å². The van der Waals surface area contributed by atoms with Crippen LogP contribution in [0, 0.1) is 0 Å². The molecule has 1 unspecified atom stereocenters. The molecule has 7 heteroatoms. The lowest BCUT2D eigenvalue weighted by molar-refractivity contribution is -0.142. The number of amides is 1. The van der Waals surface area contributed by atoms with Crippen molar-refractivity contribution in [2.24, 2.45) is 5.73 Å². The van der Waals surface area contributed by atoms with Crippen molar-refractivity contribution in [1.29, 1.82) is 0 Å². The monoisotopic (exact) mass is 264 g/mol. The van der Waals surface area contributed by atoms with Crippen molar-refractivity contribution in [3.05, 3.63) is 0 Å². The maximum Gasteiger partial charge on any atom is 0.326 e. The summed E-state index contributed by atoms with van der Waals surface area (Å²) in [5, 5.41) is 11.4. The van der Waals surface area contributed by atoms with Crippen LogP contribution in [0.15, 0.2) is 0 Å². The van der Waals surface area contributed by atoms with E-state index in [0.717, 1.165) is 0 Å². The number of nitrogens with two attached hydrogens (primary N) is 1. The summed E-state index contributed by atoms with van der Waals surface area (Å²) in [6.45, 7) is 0.229. The molecule has 0 aromatic rings. The van der Waals surface area contributed by atoms with Gasteiger partial charge in [-0.15, -0.1) is 0 Å². The molecule has 0 radical (unpaired) electrons. The highest BCUT2D eigenvalue weighted by Crippen LogP contribution is 2.02. The van der Waals surface area contributed by atoms with Crippen LogP contribution < -0.4 is 11.1 Å². The molecule has 0 aliphatic carbocycles. The quantitative estimate of drug-likeness (QED) is 0.527. The molecule has 2 atom stereocenters. The first-order valence-corrected chi connectivity index (χ1v) is 6.68. The number of rotatable bonds is 9. The molecule has 100 valence electrons. The van der Waals surface area contributed by atoms with Gasteiger partial charge in [0.1, 0.15) is 6.04 Å². The maximum absolute atomic E-state index is 11.5. The number of ether oxygens (including phenoxy) is 1. The van der Waals surface area contributed by atoms with Crippen molar-refractivity contribution >= 4 is 23.6 Å². The number of carboxylic acid groups (broad SMARTS) is 1. The molecule has 17 heavy (non-hydrogen) atoms. The highest BCUT2D eigenvalue weighted by molar-refractivity contribution is 7.98. The lowest BCUT2D eigenvalue weighted by Gasteiger charge is -2.16. The first-order chi connectivity index (χ1) is 8.04. The molecular weight excluding hydrogens is 244 g/mol. The lowest BCUT2D eigenvalue weighted by atomic mass is 10.2. The summed E-state index contributed by atoms with van der Waals surface area (Å²) in [7, 11) is 1.47. The van der Waals surface area contributed by atoms with Crippen molar-refractivity contribution in [3.8, 4) is 0 Å². The number of nitrogens with one attached hydrogen (secondary N) is 1. The van der Waals surface area contributed by atoms with E-state index in [9.17, 15) is 9.59 Å². The Morgan fingerprint density at radius 3 is 2.59 bits per heavy atom. The number of carboxylic acids is 1. The summed E-state index contributed by atoms with van der Waals surface area (Å²) < 4.78 is 4.96. The molecule has 0 aromatic carbocycles. The summed E-state index contributed by atoms with van der Waals surface area (Å²) in [5.74, 6) is -0.688. The fourth-order valence-corrected chi connectivity index (χ4v) is 1.69. The first-order valence-electron chi connectivity index (χ1n) is 5.29. The Morgan fingerprint density at radius 1 is 1.53 bits per heavy atom. The number of methoxy groups -OCH3 is 1. The van der Waals surface area contributed by atoms with Crippen molar-refractivity contribution in [2.45, 2.75) is 25.0 Å². The maximum atomic E-state index is 11.5. The summed E-state index contributed by atoms with van der Waals surface area (Å²) in [6, 6.07) is -0.842. The fourth-order valence-electron chi connectivity index (χ4n) is 1.22. The van der Waals surface area contributed by atoms with Gasteiger partial charge in [-0.2, -0.15) is 11.8 Å². The Hall–Kier alpha value is -0.790. The van der Waals surface area contributed by atoms with Gasteiger partial charge in [-0.1, -0.05) is 0 Å². The average molecular weight is 264 g/mol. The van der Waals surface area contributed by atoms with Crippen LogP contribution in [-0.2, 0) is 14.3 Å². The minimum Gasteiger partial charge on any atom is -0.480 e. The number of aliphatic carboxylic acids is 1. The number of carbonyl (C=O) groups is 2. The van der Waals surface area contributed by atoms with E-state index in [1.807, 2.05) is 6.26 Å². The van der Waals surface area contributed by atoms with Crippen molar-refractivity contribution < 1.29 is 19.4 Å². The van der Waals surface area contributed by atoms with E-state index in [1.54, 1.807) is 0 Å². The summed E-state index contributed by atoms with van der Waals surface area (Å²) >= 11 is 1.54. The molecular formula is C10H20N2O4S. The van der Waals surface area contributed by atoms with Gasteiger partial charge in [-0.05, 0) is 18.4 Å². The lowest BCUT2D eigenvalue weighted by Crippen LogP contribution is -2.43. The van der Waals surface area contributed by atoms with Gasteiger partial charge in [0, 0.05) is 13.7 Å². The molecule has 0 aliphatic rings. The summed E-state index contributed by atoms with van der Waals surface area (Å²) in [6.07, 6.45) is 2.00. The van der Waals surface area contributed by atoms with Gasteiger partial charge < -0.3 is 20.9 Å². The smallest absolute Gasteiger partial charge is 0.326 e. The summed E-state index contributed by atoms with van der Waals surface area (Å²) in [5.41, 5.74) is 5.38. The second-order valence-electron chi connectivity index (χ2n) is 3.54. The highest BCUT2D eigenvalue weighted by Gasteiger charge is 2.20. The Balaban J connectivity index is 4.15. The zero-order valence-corrected chi connectivity index (χ0v) is 11.0. The predicted octanol–water partition coefficient (Wildman–Crippen LogP) is -0.327. The molecule has 1 amide bonds. The van der Waals surface area contributed by atoms with E-state index in [4.69, 9.17) is 15.6 Å². The number of hydrogen-bond acceptors (Lipinski definition) is 5. The van der Waals surface area contributed by atoms with Crippen molar-refractivity contribution in [3.63, 3.8) is 0 Å². The molecule has 6 nitrogen and oxygen atoms in total. The Labute approximate surface area is 105 Å². The highest BCUT2D eigenvalue weighted by atomic mass is 32.2. The Kier molecular flexibility index (Phi) is 8.83. The van der Waals surface area contributed by atoms with E-state index in [1.165, 1.54) is 18.9 Å². The van der Waals surface area contributed by atoms with E-state index >= 15 is 0 Å². The van der Waals surface area contributed by atoms with Crippen LogP contribution in [0.2, 0.25) is 0 Å².